The topological polar surface area (TPSA) is 41.4 Å². The second-order valence-corrected chi connectivity index (χ2v) is 9.10. The van der Waals surface area contributed by atoms with Crippen molar-refractivity contribution in [3.8, 4) is 11.4 Å². The van der Waals surface area contributed by atoms with Crippen LogP contribution in [0.3, 0.4) is 0 Å². The van der Waals surface area contributed by atoms with Crippen LogP contribution in [0.5, 0.6) is 0 Å². The molecule has 6 heteroatoms. The Bertz CT molecular complexity index is 1400. The molecular formula is C25H23ClN4O. The standard InChI is InChI=1S/C25H23ClN4O/c1-28-8-10-29(11-9-28)14-20-19-7-6-17(26)13-22(19)27-24-21(20)15-30-23(24)12-16-4-2-3-5-18(16)25(30)31/h2-7,12-13H,8-11,14-15H2,1H3. The molecule has 156 valence electrons. The van der Waals surface area contributed by atoms with E-state index in [-0.39, 0.29) is 5.56 Å². The van der Waals surface area contributed by atoms with E-state index in [0.717, 1.165) is 65.8 Å². The fourth-order valence-electron chi connectivity index (χ4n) is 4.95. The van der Waals surface area contributed by atoms with Gasteiger partial charge in [0, 0.05) is 54.1 Å². The first-order chi connectivity index (χ1) is 15.1. The molecule has 6 rings (SSSR count). The zero-order valence-electron chi connectivity index (χ0n) is 17.4. The van der Waals surface area contributed by atoms with Gasteiger partial charge in [0.1, 0.15) is 0 Å². The van der Waals surface area contributed by atoms with Gasteiger partial charge in [-0.05, 0) is 42.3 Å². The summed E-state index contributed by atoms with van der Waals surface area (Å²) in [6, 6.07) is 15.9. The molecule has 5 nitrogen and oxygen atoms in total. The van der Waals surface area contributed by atoms with Crippen molar-refractivity contribution < 1.29 is 0 Å². The second-order valence-electron chi connectivity index (χ2n) is 8.67. The molecule has 1 fully saturated rings. The molecule has 0 atom stereocenters. The summed E-state index contributed by atoms with van der Waals surface area (Å²) < 4.78 is 1.88. The van der Waals surface area contributed by atoms with Gasteiger partial charge in [-0.1, -0.05) is 35.9 Å². The SMILES string of the molecule is CN1CCN(Cc2c3c(nc4cc(Cl)ccc24)-c2cc4ccccc4c(=O)n2C3)CC1. The van der Waals surface area contributed by atoms with Crippen molar-refractivity contribution in [2.24, 2.45) is 0 Å². The Morgan fingerprint density at radius 1 is 1.00 bits per heavy atom. The van der Waals surface area contributed by atoms with Crippen molar-refractivity contribution in [2.75, 3.05) is 33.2 Å². The monoisotopic (exact) mass is 430 g/mol. The Hall–Kier alpha value is -2.73. The first-order valence-corrected chi connectivity index (χ1v) is 11.1. The number of nitrogens with zero attached hydrogens (tertiary/aromatic N) is 4. The van der Waals surface area contributed by atoms with Crippen molar-refractivity contribution in [1.82, 2.24) is 19.4 Å². The Morgan fingerprint density at radius 3 is 2.65 bits per heavy atom. The Kier molecular flexibility index (Phi) is 4.39. The number of hydrogen-bond donors (Lipinski definition) is 0. The zero-order valence-corrected chi connectivity index (χ0v) is 18.2. The molecule has 0 amide bonds. The number of likely N-dealkylation sites (N-methyl/N-ethyl adjacent to an activating group) is 1. The van der Waals surface area contributed by atoms with Gasteiger partial charge >= 0.3 is 0 Å². The zero-order chi connectivity index (χ0) is 21.1. The summed E-state index contributed by atoms with van der Waals surface area (Å²) in [5, 5.41) is 3.53. The largest absolute Gasteiger partial charge is 0.304 e. The van der Waals surface area contributed by atoms with Crippen LogP contribution in [0.25, 0.3) is 33.1 Å². The number of benzene rings is 2. The van der Waals surface area contributed by atoms with E-state index in [1.807, 2.05) is 41.0 Å². The molecule has 0 saturated carbocycles. The van der Waals surface area contributed by atoms with Gasteiger partial charge in [-0.25, -0.2) is 4.98 Å². The molecule has 0 unspecified atom stereocenters. The fourth-order valence-corrected chi connectivity index (χ4v) is 5.11. The second kappa shape index (κ2) is 7.16. The minimum absolute atomic E-state index is 0.0544. The number of piperazine rings is 1. The highest BCUT2D eigenvalue weighted by Crippen LogP contribution is 2.37. The summed E-state index contributed by atoms with van der Waals surface area (Å²) in [6.45, 7) is 5.66. The molecule has 2 aliphatic rings. The Labute approximate surface area is 185 Å². The van der Waals surface area contributed by atoms with Gasteiger partial charge in [0.2, 0.25) is 0 Å². The van der Waals surface area contributed by atoms with E-state index < -0.39 is 0 Å². The molecule has 0 N–H and O–H groups in total. The van der Waals surface area contributed by atoms with Gasteiger partial charge in [0.25, 0.3) is 5.56 Å². The third kappa shape index (κ3) is 3.07. The van der Waals surface area contributed by atoms with E-state index >= 15 is 0 Å². The van der Waals surface area contributed by atoms with Gasteiger partial charge in [-0.3, -0.25) is 9.69 Å². The van der Waals surface area contributed by atoms with E-state index in [2.05, 4.69) is 29.0 Å². The van der Waals surface area contributed by atoms with Crippen LogP contribution in [0, 0.1) is 0 Å². The minimum Gasteiger partial charge on any atom is -0.304 e. The first kappa shape index (κ1) is 19.0. The van der Waals surface area contributed by atoms with Crippen molar-refractivity contribution >= 4 is 33.3 Å². The van der Waals surface area contributed by atoms with E-state index in [1.54, 1.807) is 0 Å². The van der Waals surface area contributed by atoms with E-state index in [1.165, 1.54) is 11.1 Å². The third-order valence-electron chi connectivity index (χ3n) is 6.72. The minimum atomic E-state index is 0.0544. The summed E-state index contributed by atoms with van der Waals surface area (Å²) in [4.78, 5) is 23.1. The Balaban J connectivity index is 1.56. The molecule has 4 heterocycles. The highest BCUT2D eigenvalue weighted by atomic mass is 35.5. The molecule has 2 aromatic carbocycles. The van der Waals surface area contributed by atoms with Crippen LogP contribution in [0.4, 0.5) is 0 Å². The van der Waals surface area contributed by atoms with Crippen molar-refractivity contribution in [2.45, 2.75) is 13.1 Å². The molecule has 0 bridgehead atoms. The summed E-state index contributed by atoms with van der Waals surface area (Å²) in [6.07, 6.45) is 0. The molecule has 2 aliphatic heterocycles. The van der Waals surface area contributed by atoms with Crippen molar-refractivity contribution in [3.05, 3.63) is 75.0 Å². The van der Waals surface area contributed by atoms with Crippen LogP contribution in [0.1, 0.15) is 11.1 Å². The molecular weight excluding hydrogens is 408 g/mol. The quantitative estimate of drug-likeness (QED) is 0.425. The van der Waals surface area contributed by atoms with Gasteiger partial charge in [-0.2, -0.15) is 0 Å². The van der Waals surface area contributed by atoms with Gasteiger partial charge in [0.15, 0.2) is 0 Å². The van der Waals surface area contributed by atoms with Crippen LogP contribution in [-0.2, 0) is 13.1 Å². The third-order valence-corrected chi connectivity index (χ3v) is 6.96. The highest BCUT2D eigenvalue weighted by molar-refractivity contribution is 6.31. The van der Waals surface area contributed by atoms with Crippen LogP contribution in [0.2, 0.25) is 5.02 Å². The lowest BCUT2D eigenvalue weighted by Crippen LogP contribution is -2.44. The Morgan fingerprint density at radius 2 is 1.81 bits per heavy atom. The van der Waals surface area contributed by atoms with E-state index in [4.69, 9.17) is 16.6 Å². The summed E-state index contributed by atoms with van der Waals surface area (Å²) in [7, 11) is 2.17. The number of rotatable bonds is 2. The fraction of sp³-hybridized carbons (Fsp3) is 0.280. The summed E-state index contributed by atoms with van der Waals surface area (Å²) >= 11 is 6.32. The number of fused-ring (bicyclic) bond motifs is 5. The molecule has 4 aromatic rings. The first-order valence-electron chi connectivity index (χ1n) is 10.7. The highest BCUT2D eigenvalue weighted by Gasteiger charge is 2.28. The van der Waals surface area contributed by atoms with Gasteiger partial charge in [-0.15, -0.1) is 0 Å². The van der Waals surface area contributed by atoms with Crippen molar-refractivity contribution in [1.29, 1.82) is 0 Å². The lowest BCUT2D eigenvalue weighted by atomic mass is 9.99. The van der Waals surface area contributed by atoms with Crippen LogP contribution in [-0.4, -0.2) is 52.6 Å². The molecule has 2 aromatic heterocycles. The predicted octanol–water partition coefficient (Wildman–Crippen LogP) is 3.98. The number of pyridine rings is 2. The smallest absolute Gasteiger partial charge is 0.259 e. The van der Waals surface area contributed by atoms with E-state index in [9.17, 15) is 4.79 Å². The van der Waals surface area contributed by atoms with Crippen LogP contribution in [0.15, 0.2) is 53.3 Å². The van der Waals surface area contributed by atoms with Gasteiger partial charge < -0.3 is 9.47 Å². The van der Waals surface area contributed by atoms with Crippen LogP contribution >= 0.6 is 11.6 Å². The summed E-state index contributed by atoms with van der Waals surface area (Å²) in [5.41, 5.74) is 5.21. The van der Waals surface area contributed by atoms with Crippen LogP contribution < -0.4 is 5.56 Å². The maximum atomic E-state index is 13.3. The number of halogens is 1. The van der Waals surface area contributed by atoms with Gasteiger partial charge in [0.05, 0.1) is 23.4 Å². The molecule has 1 saturated heterocycles. The number of aromatic nitrogens is 2. The summed E-state index contributed by atoms with van der Waals surface area (Å²) in [5.74, 6) is 0. The average Bonchev–Trinajstić information content (AvgIpc) is 3.14. The molecule has 0 aliphatic carbocycles. The lowest BCUT2D eigenvalue weighted by molar-refractivity contribution is 0.148. The molecule has 0 spiro atoms. The maximum absolute atomic E-state index is 13.3. The predicted molar refractivity (Wildman–Crippen MR) is 126 cm³/mol. The average molecular weight is 431 g/mol. The van der Waals surface area contributed by atoms with E-state index in [0.29, 0.717) is 11.6 Å². The molecule has 31 heavy (non-hydrogen) atoms. The maximum Gasteiger partial charge on any atom is 0.259 e. The lowest BCUT2D eigenvalue weighted by Gasteiger charge is -2.33. The number of hydrogen-bond acceptors (Lipinski definition) is 4. The van der Waals surface area contributed by atoms with Crippen molar-refractivity contribution in [3.63, 3.8) is 0 Å². The molecule has 0 radical (unpaired) electrons. The normalized spacial score (nSPS) is 16.7.